The Morgan fingerprint density at radius 2 is 1.71 bits per heavy atom. The minimum absolute atomic E-state index is 0.0788. The van der Waals surface area contributed by atoms with Crippen LogP contribution in [0.2, 0.25) is 0 Å². The molecule has 0 heterocycles. The van der Waals surface area contributed by atoms with Gasteiger partial charge in [-0.3, -0.25) is 4.79 Å². The quantitative estimate of drug-likeness (QED) is 0.823. The van der Waals surface area contributed by atoms with Crippen LogP contribution in [0.3, 0.4) is 0 Å². The first-order chi connectivity index (χ1) is 10.1. The summed E-state index contributed by atoms with van der Waals surface area (Å²) in [4.78, 5) is 14.9. The molecule has 2 aromatic rings. The van der Waals surface area contributed by atoms with E-state index in [0.717, 1.165) is 10.2 Å². The number of carbonyl (C=O) groups excluding carboxylic acids is 1. The van der Waals surface area contributed by atoms with Crippen molar-refractivity contribution in [3.05, 3.63) is 64.6 Å². The third-order valence-corrected chi connectivity index (χ3v) is 3.89. The maximum absolute atomic E-state index is 12.8. The Bertz CT molecular complexity index is 646. The molecule has 1 amide bonds. The van der Waals surface area contributed by atoms with Gasteiger partial charge in [-0.1, -0.05) is 42.5 Å². The van der Waals surface area contributed by atoms with E-state index in [9.17, 15) is 4.79 Å². The van der Waals surface area contributed by atoms with Crippen molar-refractivity contribution in [2.75, 3.05) is 11.4 Å². The molecule has 0 aromatic heterocycles. The van der Waals surface area contributed by atoms with Gasteiger partial charge in [-0.05, 0) is 40.2 Å². The summed E-state index contributed by atoms with van der Waals surface area (Å²) >= 11 is 8.34. The maximum atomic E-state index is 12.8. The number of carbonyl (C=O) groups is 1. The largest absolute Gasteiger partial charge is 0.393 e. The highest BCUT2D eigenvalue weighted by molar-refractivity contribution is 9.10. The van der Waals surface area contributed by atoms with Crippen molar-refractivity contribution in [3.63, 3.8) is 0 Å². The second-order valence-corrected chi connectivity index (χ2v) is 5.87. The molecule has 0 bridgehead atoms. The zero-order valence-corrected chi connectivity index (χ0v) is 13.7. The Hall–Kier alpha value is -1.72. The molecule has 0 spiro atoms. The van der Waals surface area contributed by atoms with E-state index >= 15 is 0 Å². The first-order valence-electron chi connectivity index (χ1n) is 6.49. The van der Waals surface area contributed by atoms with Crippen LogP contribution in [0.5, 0.6) is 0 Å². The van der Waals surface area contributed by atoms with Crippen molar-refractivity contribution in [2.45, 2.75) is 6.42 Å². The maximum Gasteiger partial charge on any atom is 0.259 e. The third-order valence-electron chi connectivity index (χ3n) is 3.00. The van der Waals surface area contributed by atoms with E-state index in [1.165, 1.54) is 0 Å². The number of hydrogen-bond acceptors (Lipinski definition) is 2. The lowest BCUT2D eigenvalue weighted by atomic mass is 10.1. The van der Waals surface area contributed by atoms with Gasteiger partial charge in [-0.15, -0.1) is 0 Å². The highest BCUT2D eigenvalue weighted by Crippen LogP contribution is 2.22. The van der Waals surface area contributed by atoms with E-state index in [2.05, 4.69) is 15.9 Å². The molecular formula is C16H15BrN2OS. The number of hydrogen-bond donors (Lipinski definition) is 1. The van der Waals surface area contributed by atoms with Gasteiger partial charge >= 0.3 is 0 Å². The Kier molecular flexibility index (Phi) is 5.47. The Morgan fingerprint density at radius 1 is 1.10 bits per heavy atom. The van der Waals surface area contributed by atoms with Crippen molar-refractivity contribution in [1.29, 1.82) is 0 Å². The summed E-state index contributed by atoms with van der Waals surface area (Å²) in [7, 11) is 0. The molecule has 0 unspecified atom stereocenters. The number of nitrogens with two attached hydrogens (primary N) is 1. The van der Waals surface area contributed by atoms with E-state index in [1.807, 2.05) is 48.5 Å². The molecule has 2 rings (SSSR count). The molecule has 0 atom stereocenters. The molecular weight excluding hydrogens is 348 g/mol. The van der Waals surface area contributed by atoms with Gasteiger partial charge in [-0.2, -0.15) is 0 Å². The van der Waals surface area contributed by atoms with Gasteiger partial charge in [0.05, 0.1) is 10.6 Å². The lowest BCUT2D eigenvalue weighted by Crippen LogP contribution is -2.34. The van der Waals surface area contributed by atoms with Crippen LogP contribution in [-0.4, -0.2) is 17.4 Å². The molecule has 0 radical (unpaired) electrons. The lowest BCUT2D eigenvalue weighted by molar-refractivity contribution is 0.0987. The van der Waals surface area contributed by atoms with Crippen LogP contribution in [0, 0.1) is 0 Å². The van der Waals surface area contributed by atoms with Crippen LogP contribution in [0.1, 0.15) is 16.8 Å². The van der Waals surface area contributed by atoms with E-state index < -0.39 is 0 Å². The highest BCUT2D eigenvalue weighted by atomic mass is 79.9. The van der Waals surface area contributed by atoms with Gasteiger partial charge in [0.1, 0.15) is 0 Å². The summed E-state index contributed by atoms with van der Waals surface area (Å²) in [6.07, 6.45) is 0.487. The highest BCUT2D eigenvalue weighted by Gasteiger charge is 2.19. The zero-order valence-electron chi connectivity index (χ0n) is 11.3. The summed E-state index contributed by atoms with van der Waals surface area (Å²) in [5.74, 6) is -0.0788. The van der Waals surface area contributed by atoms with Crippen LogP contribution < -0.4 is 10.6 Å². The normalized spacial score (nSPS) is 10.1. The number of benzene rings is 2. The van der Waals surface area contributed by atoms with Gasteiger partial charge < -0.3 is 10.6 Å². The lowest BCUT2D eigenvalue weighted by Gasteiger charge is -2.23. The molecule has 0 saturated heterocycles. The van der Waals surface area contributed by atoms with E-state index in [0.29, 0.717) is 23.5 Å². The topological polar surface area (TPSA) is 46.3 Å². The fourth-order valence-electron chi connectivity index (χ4n) is 1.96. The number of anilines is 1. The van der Waals surface area contributed by atoms with Gasteiger partial charge in [0.2, 0.25) is 0 Å². The summed E-state index contributed by atoms with van der Waals surface area (Å²) in [6.45, 7) is 0.458. The first kappa shape index (κ1) is 15.7. The second-order valence-electron chi connectivity index (χ2n) is 4.49. The molecule has 0 fully saturated rings. The third kappa shape index (κ3) is 4.12. The van der Waals surface area contributed by atoms with Crippen molar-refractivity contribution in [2.24, 2.45) is 5.73 Å². The molecule has 2 N–H and O–H groups in total. The molecule has 0 aliphatic heterocycles. The smallest absolute Gasteiger partial charge is 0.259 e. The molecule has 3 nitrogen and oxygen atoms in total. The summed E-state index contributed by atoms with van der Waals surface area (Å²) < 4.78 is 0.770. The monoisotopic (exact) mass is 362 g/mol. The number of thiocarbonyl (C=S) groups is 1. The van der Waals surface area contributed by atoms with Crippen molar-refractivity contribution < 1.29 is 4.79 Å². The Balaban J connectivity index is 2.33. The number of rotatable bonds is 5. The van der Waals surface area contributed by atoms with Gasteiger partial charge in [0.25, 0.3) is 5.91 Å². The summed E-state index contributed by atoms with van der Waals surface area (Å²) in [5.41, 5.74) is 7.02. The van der Waals surface area contributed by atoms with Crippen LogP contribution in [0.15, 0.2) is 59.1 Å². The fourth-order valence-corrected chi connectivity index (χ4v) is 2.50. The average molecular weight is 363 g/mol. The summed E-state index contributed by atoms with van der Waals surface area (Å²) in [5, 5.41) is 0. The van der Waals surface area contributed by atoms with Crippen LogP contribution in [0.4, 0.5) is 5.69 Å². The van der Waals surface area contributed by atoms with Crippen molar-refractivity contribution >= 4 is 44.7 Å². The van der Waals surface area contributed by atoms with Crippen LogP contribution >= 0.6 is 28.1 Å². The molecule has 21 heavy (non-hydrogen) atoms. The van der Waals surface area contributed by atoms with E-state index in [1.54, 1.807) is 11.0 Å². The minimum atomic E-state index is -0.0788. The van der Waals surface area contributed by atoms with Crippen molar-refractivity contribution in [1.82, 2.24) is 0 Å². The SMILES string of the molecule is NC(=S)CCN(C(=O)c1ccccc1Br)c1ccccc1. The fraction of sp³-hybridized carbons (Fsp3) is 0.125. The first-order valence-corrected chi connectivity index (χ1v) is 7.69. The Morgan fingerprint density at radius 3 is 2.33 bits per heavy atom. The van der Waals surface area contributed by atoms with E-state index in [-0.39, 0.29) is 5.91 Å². The average Bonchev–Trinajstić information content (AvgIpc) is 2.48. The predicted octanol–water partition coefficient (Wildman–Crippen LogP) is 3.77. The number of para-hydroxylation sites is 1. The van der Waals surface area contributed by atoms with Crippen LogP contribution in [-0.2, 0) is 0 Å². The molecule has 0 saturated carbocycles. The minimum Gasteiger partial charge on any atom is -0.393 e. The molecule has 108 valence electrons. The van der Waals surface area contributed by atoms with E-state index in [4.69, 9.17) is 18.0 Å². The van der Waals surface area contributed by atoms with Gasteiger partial charge in [0, 0.05) is 23.1 Å². The summed E-state index contributed by atoms with van der Waals surface area (Å²) in [6, 6.07) is 16.9. The van der Waals surface area contributed by atoms with Gasteiger partial charge in [0.15, 0.2) is 0 Å². The van der Waals surface area contributed by atoms with Gasteiger partial charge in [-0.25, -0.2) is 0 Å². The van der Waals surface area contributed by atoms with Crippen molar-refractivity contribution in [3.8, 4) is 0 Å². The standard InChI is InChI=1S/C16H15BrN2OS/c17-14-9-5-4-8-13(14)16(20)19(11-10-15(18)21)12-6-2-1-3-7-12/h1-9H,10-11H2,(H2,18,21). The number of amides is 1. The zero-order chi connectivity index (χ0) is 15.2. The van der Waals surface area contributed by atoms with Crippen LogP contribution in [0.25, 0.3) is 0 Å². The molecule has 5 heteroatoms. The number of nitrogens with zero attached hydrogens (tertiary/aromatic N) is 1. The predicted molar refractivity (Wildman–Crippen MR) is 93.7 cm³/mol. The second kappa shape index (κ2) is 7.33. The molecule has 0 aliphatic rings. The number of halogens is 1. The molecule has 2 aromatic carbocycles. The molecule has 0 aliphatic carbocycles. The Labute approximate surface area is 137 Å².